The molecule has 0 radical (unpaired) electrons. The molecule has 1 fully saturated rings. The molecule has 23 heavy (non-hydrogen) atoms. The molecule has 4 N–H and O–H groups in total. The van der Waals surface area contributed by atoms with Crippen LogP contribution in [0.2, 0.25) is 0 Å². The Bertz CT molecular complexity index is 350. The molecular weight excluding hydrogens is 407 g/mol. The number of piperazine rings is 1. The van der Waals surface area contributed by atoms with Gasteiger partial charge in [-0.3, -0.25) is 9.59 Å². The lowest BCUT2D eigenvalue weighted by molar-refractivity contribution is -0.138. The summed E-state index contributed by atoms with van der Waals surface area (Å²) in [5.41, 5.74) is 5.85. The average Bonchev–Trinajstić information content (AvgIpc) is 2.43. The van der Waals surface area contributed by atoms with Crippen LogP contribution < -0.4 is 10.5 Å². The maximum Gasteiger partial charge on any atom is 0.322 e. The molecule has 140 valence electrons. The van der Waals surface area contributed by atoms with Crippen LogP contribution in [-0.4, -0.2) is 83.6 Å². The lowest BCUT2D eigenvalue weighted by atomic mass is 10.2. The summed E-state index contributed by atoms with van der Waals surface area (Å²) in [6, 6.07) is -1.36. The third kappa shape index (κ3) is 10.1. The van der Waals surface area contributed by atoms with Gasteiger partial charge in [0.1, 0.15) is 6.04 Å². The number of nitrogens with one attached hydrogen (secondary N) is 1. The van der Waals surface area contributed by atoms with E-state index in [2.05, 4.69) is 22.3 Å². The van der Waals surface area contributed by atoms with Crippen LogP contribution in [0, 0.1) is 0 Å². The molecular formula is C11H25Cl3N4O3S2. The lowest BCUT2D eigenvalue weighted by Crippen LogP contribution is -2.53. The van der Waals surface area contributed by atoms with Gasteiger partial charge in [-0.25, -0.2) is 4.72 Å². The number of aliphatic carboxylic acids is 1. The van der Waals surface area contributed by atoms with Crippen LogP contribution in [-0.2, 0) is 9.59 Å². The molecule has 7 nitrogen and oxygen atoms in total. The molecule has 1 amide bonds. The van der Waals surface area contributed by atoms with Crippen LogP contribution in [0.1, 0.15) is 0 Å². The first-order chi connectivity index (χ1) is 9.45. The van der Waals surface area contributed by atoms with E-state index >= 15 is 0 Å². The number of nitrogens with two attached hydrogens (primary N) is 1. The Morgan fingerprint density at radius 3 is 2.22 bits per heavy atom. The van der Waals surface area contributed by atoms with Crippen molar-refractivity contribution >= 4 is 73.7 Å². The number of likely N-dealkylation sites (N-methyl/N-ethyl adjacent to an activating group) is 1. The molecule has 0 aromatic rings. The zero-order valence-corrected chi connectivity index (χ0v) is 16.9. The van der Waals surface area contributed by atoms with Crippen molar-refractivity contribution in [2.75, 3.05) is 44.7 Å². The quantitative estimate of drug-likeness (QED) is 0.332. The van der Waals surface area contributed by atoms with Gasteiger partial charge in [0.2, 0.25) is 5.91 Å². The van der Waals surface area contributed by atoms with Crippen LogP contribution in [0.15, 0.2) is 0 Å². The highest BCUT2D eigenvalue weighted by Gasteiger charge is 2.24. The van der Waals surface area contributed by atoms with Crippen LogP contribution in [0.5, 0.6) is 0 Å². The summed E-state index contributed by atoms with van der Waals surface area (Å²) in [4.78, 5) is 26.8. The fraction of sp³-hybridized carbons (Fsp3) is 0.818. The second kappa shape index (κ2) is 14.7. The molecule has 1 saturated heterocycles. The van der Waals surface area contributed by atoms with Gasteiger partial charge >= 0.3 is 5.97 Å². The highest BCUT2D eigenvalue weighted by molar-refractivity contribution is 7.97. The van der Waals surface area contributed by atoms with Gasteiger partial charge in [-0.1, -0.05) is 11.9 Å². The van der Waals surface area contributed by atoms with E-state index in [0.717, 1.165) is 25.0 Å². The summed E-state index contributed by atoms with van der Waals surface area (Å²) < 4.78 is 2.75. The van der Waals surface area contributed by atoms with Crippen LogP contribution >= 0.6 is 61.8 Å². The van der Waals surface area contributed by atoms with E-state index in [9.17, 15) is 9.59 Å². The number of rotatable bonds is 7. The summed E-state index contributed by atoms with van der Waals surface area (Å²) in [5.74, 6) is -0.524. The number of hydrogen-bond acceptors (Lipinski definition) is 7. The van der Waals surface area contributed by atoms with E-state index in [1.54, 1.807) is 4.90 Å². The van der Waals surface area contributed by atoms with Gasteiger partial charge in [0.05, 0.1) is 6.04 Å². The van der Waals surface area contributed by atoms with E-state index in [1.807, 2.05) is 7.05 Å². The fourth-order valence-electron chi connectivity index (χ4n) is 1.74. The smallest absolute Gasteiger partial charge is 0.322 e. The van der Waals surface area contributed by atoms with Crippen LogP contribution in [0.25, 0.3) is 0 Å². The molecule has 2 atom stereocenters. The highest BCUT2D eigenvalue weighted by atomic mass is 35.5. The van der Waals surface area contributed by atoms with Crippen molar-refractivity contribution in [3.63, 3.8) is 0 Å². The van der Waals surface area contributed by atoms with Gasteiger partial charge in [0, 0.05) is 37.7 Å². The molecule has 1 rings (SSSR count). The van der Waals surface area contributed by atoms with Crippen molar-refractivity contribution in [1.29, 1.82) is 0 Å². The molecule has 1 aliphatic rings. The monoisotopic (exact) mass is 430 g/mol. The Morgan fingerprint density at radius 2 is 1.78 bits per heavy atom. The third-order valence-corrected chi connectivity index (χ3v) is 4.44. The summed E-state index contributed by atoms with van der Waals surface area (Å²) in [7, 11) is 2.02. The molecule has 0 aromatic heterocycles. The summed E-state index contributed by atoms with van der Waals surface area (Å²) in [5, 5.41) is 8.84. The number of halogens is 3. The van der Waals surface area contributed by atoms with Gasteiger partial charge in [-0.15, -0.1) is 37.2 Å². The standard InChI is InChI=1S/C11H22N4O3S2.3ClH/c1-14-2-4-15(5-3-14)10(16)8(12)7-20-13-9(6-19)11(17)18;;;/h8-9,13,19H,2-7,12H2,1H3,(H,17,18);3*1H/t8-,9-;;;/m0.../s1. The van der Waals surface area contributed by atoms with Crippen molar-refractivity contribution in [1.82, 2.24) is 14.5 Å². The van der Waals surface area contributed by atoms with Crippen LogP contribution in [0.3, 0.4) is 0 Å². The minimum atomic E-state index is -0.966. The number of carboxylic acid groups (broad SMARTS) is 1. The minimum absolute atomic E-state index is 0. The third-order valence-electron chi connectivity index (χ3n) is 3.10. The van der Waals surface area contributed by atoms with Crippen molar-refractivity contribution < 1.29 is 14.7 Å². The molecule has 0 unspecified atom stereocenters. The Balaban J connectivity index is -0.00000133. The number of carboxylic acids is 1. The van der Waals surface area contributed by atoms with Crippen LogP contribution in [0.4, 0.5) is 0 Å². The molecule has 0 spiro atoms. The molecule has 0 aromatic carbocycles. The van der Waals surface area contributed by atoms with E-state index in [4.69, 9.17) is 10.8 Å². The van der Waals surface area contributed by atoms with Gasteiger partial charge in [-0.05, 0) is 7.05 Å². The minimum Gasteiger partial charge on any atom is -0.480 e. The Kier molecular flexibility index (Phi) is 18.0. The summed E-state index contributed by atoms with van der Waals surface area (Å²) in [6.45, 7) is 3.08. The number of carbonyl (C=O) groups excluding carboxylic acids is 1. The van der Waals surface area contributed by atoms with Crippen molar-refractivity contribution in [3.05, 3.63) is 0 Å². The zero-order chi connectivity index (χ0) is 15.1. The van der Waals surface area contributed by atoms with E-state index in [-0.39, 0.29) is 48.9 Å². The van der Waals surface area contributed by atoms with Crippen molar-refractivity contribution in [3.8, 4) is 0 Å². The fourth-order valence-corrected chi connectivity index (χ4v) is 2.91. The normalized spacial score (nSPS) is 17.1. The van der Waals surface area contributed by atoms with Gasteiger partial charge in [-0.2, -0.15) is 12.6 Å². The van der Waals surface area contributed by atoms with Crippen molar-refractivity contribution in [2.24, 2.45) is 5.73 Å². The number of nitrogens with zero attached hydrogens (tertiary/aromatic N) is 2. The summed E-state index contributed by atoms with van der Waals surface area (Å²) >= 11 is 5.10. The predicted molar refractivity (Wildman–Crippen MR) is 105 cm³/mol. The Morgan fingerprint density at radius 1 is 1.26 bits per heavy atom. The Hall–Kier alpha value is 0.390. The van der Waals surface area contributed by atoms with Gasteiger partial charge in [0.15, 0.2) is 0 Å². The second-order valence-corrected chi connectivity index (χ2v) is 5.96. The number of carbonyl (C=O) groups is 2. The molecule has 1 aliphatic heterocycles. The molecule has 0 saturated carbocycles. The number of hydrogen-bond donors (Lipinski definition) is 4. The summed E-state index contributed by atoms with van der Waals surface area (Å²) in [6.07, 6.45) is 0. The number of amides is 1. The zero-order valence-electron chi connectivity index (χ0n) is 12.7. The first-order valence-corrected chi connectivity index (χ1v) is 8.01. The second-order valence-electron chi connectivity index (χ2n) is 4.74. The van der Waals surface area contributed by atoms with Gasteiger partial charge < -0.3 is 20.6 Å². The van der Waals surface area contributed by atoms with Gasteiger partial charge in [0.25, 0.3) is 0 Å². The van der Waals surface area contributed by atoms with E-state index < -0.39 is 18.1 Å². The molecule has 0 bridgehead atoms. The molecule has 1 heterocycles. The largest absolute Gasteiger partial charge is 0.480 e. The SMILES string of the molecule is CN1CCN(C(=O)[C@@H](N)CSN[C@@H](CS)C(=O)O)CC1.Cl.Cl.Cl. The average molecular weight is 432 g/mol. The van der Waals surface area contributed by atoms with E-state index in [1.165, 1.54) is 0 Å². The lowest BCUT2D eigenvalue weighted by Gasteiger charge is -2.33. The topological polar surface area (TPSA) is 98.9 Å². The molecule has 12 heteroatoms. The maximum atomic E-state index is 12.1. The molecule has 0 aliphatic carbocycles. The van der Waals surface area contributed by atoms with E-state index in [0.29, 0.717) is 18.8 Å². The Labute approximate surface area is 165 Å². The maximum absolute atomic E-state index is 12.1. The highest BCUT2D eigenvalue weighted by Crippen LogP contribution is 2.06. The first kappa shape index (κ1) is 28.2. The number of thiol groups is 1. The predicted octanol–water partition coefficient (Wildman–Crippen LogP) is -0.0261. The van der Waals surface area contributed by atoms with Crippen molar-refractivity contribution in [2.45, 2.75) is 12.1 Å². The first-order valence-electron chi connectivity index (χ1n) is 6.39.